The average molecular weight is 258 g/mol. The molecular formula is C14H18N4O. The molecule has 5 heteroatoms. The molecule has 1 aliphatic rings. The molecule has 2 heterocycles. The van der Waals surface area contributed by atoms with Crippen molar-refractivity contribution in [3.05, 3.63) is 30.1 Å². The molecule has 0 saturated carbocycles. The lowest BCUT2D eigenvalue weighted by atomic mass is 10.1. The summed E-state index contributed by atoms with van der Waals surface area (Å²) in [5.74, 6) is 1.23. The Bertz CT molecular complexity index is 566. The van der Waals surface area contributed by atoms with Crippen molar-refractivity contribution in [1.29, 1.82) is 0 Å². The lowest BCUT2D eigenvalue weighted by Crippen LogP contribution is -2.23. The number of likely N-dealkylation sites (N-methyl/N-ethyl adjacent to an activating group) is 1. The van der Waals surface area contributed by atoms with Gasteiger partial charge >= 0.3 is 0 Å². The van der Waals surface area contributed by atoms with Crippen LogP contribution >= 0.6 is 0 Å². The first kappa shape index (κ1) is 12.2. The van der Waals surface area contributed by atoms with E-state index in [0.717, 1.165) is 30.8 Å². The van der Waals surface area contributed by atoms with E-state index in [1.165, 1.54) is 0 Å². The average Bonchev–Trinajstić information content (AvgIpc) is 2.99. The van der Waals surface area contributed by atoms with Gasteiger partial charge in [-0.15, -0.1) is 0 Å². The van der Waals surface area contributed by atoms with Crippen LogP contribution in [0.3, 0.4) is 0 Å². The Morgan fingerprint density at radius 3 is 2.89 bits per heavy atom. The molecule has 0 bridgehead atoms. The van der Waals surface area contributed by atoms with Crippen molar-refractivity contribution >= 4 is 5.69 Å². The van der Waals surface area contributed by atoms with Gasteiger partial charge in [0.25, 0.3) is 5.89 Å². The van der Waals surface area contributed by atoms with E-state index in [1.54, 1.807) is 0 Å². The molecule has 0 radical (unpaired) electrons. The second-order valence-electron chi connectivity index (χ2n) is 5.08. The van der Waals surface area contributed by atoms with E-state index in [1.807, 2.05) is 25.1 Å². The Hall–Kier alpha value is -1.88. The Balaban J connectivity index is 1.85. The van der Waals surface area contributed by atoms with Gasteiger partial charge < -0.3 is 14.7 Å². The van der Waals surface area contributed by atoms with Crippen molar-refractivity contribution in [3.63, 3.8) is 0 Å². The minimum Gasteiger partial charge on any atom is -0.380 e. The summed E-state index contributed by atoms with van der Waals surface area (Å²) in [6.45, 7) is 4.03. The standard InChI is InChI=1S/C14H18N4O/c1-10-15-14(19-17-10)12-5-3-4-6-13(12)16-11-7-8-18(2)9-11/h3-6,11,16H,7-9H2,1-2H3. The van der Waals surface area contributed by atoms with E-state index in [-0.39, 0.29) is 0 Å². The lowest BCUT2D eigenvalue weighted by molar-refractivity contribution is 0.414. The van der Waals surface area contributed by atoms with Crippen molar-refractivity contribution in [3.8, 4) is 11.5 Å². The summed E-state index contributed by atoms with van der Waals surface area (Å²) >= 11 is 0. The fraction of sp³-hybridized carbons (Fsp3) is 0.429. The molecule has 1 aromatic carbocycles. The molecule has 100 valence electrons. The van der Waals surface area contributed by atoms with Gasteiger partial charge in [0.05, 0.1) is 5.56 Å². The molecular weight excluding hydrogens is 240 g/mol. The number of aryl methyl sites for hydroxylation is 1. The maximum absolute atomic E-state index is 5.27. The molecule has 1 aliphatic heterocycles. The van der Waals surface area contributed by atoms with Gasteiger partial charge in [-0.2, -0.15) is 4.98 Å². The summed E-state index contributed by atoms with van der Waals surface area (Å²) in [7, 11) is 2.15. The van der Waals surface area contributed by atoms with E-state index in [2.05, 4.69) is 33.5 Å². The van der Waals surface area contributed by atoms with Crippen molar-refractivity contribution in [2.24, 2.45) is 0 Å². The highest BCUT2D eigenvalue weighted by atomic mass is 16.5. The summed E-state index contributed by atoms with van der Waals surface area (Å²) in [5.41, 5.74) is 2.03. The second kappa shape index (κ2) is 5.01. The zero-order chi connectivity index (χ0) is 13.2. The Morgan fingerprint density at radius 2 is 2.21 bits per heavy atom. The summed E-state index contributed by atoms with van der Waals surface area (Å²) < 4.78 is 5.27. The number of nitrogens with zero attached hydrogens (tertiary/aromatic N) is 3. The zero-order valence-electron chi connectivity index (χ0n) is 11.3. The van der Waals surface area contributed by atoms with Gasteiger partial charge in [-0.3, -0.25) is 0 Å². The molecule has 0 spiro atoms. The summed E-state index contributed by atoms with van der Waals surface area (Å²) in [5, 5.41) is 7.43. The fourth-order valence-corrected chi connectivity index (χ4v) is 2.47. The molecule has 19 heavy (non-hydrogen) atoms. The minimum atomic E-state index is 0.482. The summed E-state index contributed by atoms with van der Waals surface area (Å²) in [6, 6.07) is 8.56. The quantitative estimate of drug-likeness (QED) is 0.914. The van der Waals surface area contributed by atoms with Gasteiger partial charge in [-0.1, -0.05) is 17.3 Å². The molecule has 1 saturated heterocycles. The van der Waals surface area contributed by atoms with Crippen LogP contribution in [0.15, 0.2) is 28.8 Å². The Kier molecular flexibility index (Phi) is 3.21. The topological polar surface area (TPSA) is 54.2 Å². The highest BCUT2D eigenvalue weighted by molar-refractivity contribution is 5.72. The van der Waals surface area contributed by atoms with Crippen LogP contribution in [0.4, 0.5) is 5.69 Å². The van der Waals surface area contributed by atoms with Crippen LogP contribution in [0.25, 0.3) is 11.5 Å². The van der Waals surface area contributed by atoms with Gasteiger partial charge in [0.1, 0.15) is 0 Å². The van der Waals surface area contributed by atoms with Crippen LogP contribution in [-0.4, -0.2) is 41.2 Å². The van der Waals surface area contributed by atoms with Gasteiger partial charge in [0, 0.05) is 18.3 Å². The highest BCUT2D eigenvalue weighted by Gasteiger charge is 2.21. The van der Waals surface area contributed by atoms with E-state index in [0.29, 0.717) is 17.8 Å². The number of para-hydroxylation sites is 1. The van der Waals surface area contributed by atoms with E-state index >= 15 is 0 Å². The maximum Gasteiger partial charge on any atom is 0.260 e. The minimum absolute atomic E-state index is 0.482. The largest absolute Gasteiger partial charge is 0.380 e. The van der Waals surface area contributed by atoms with Crippen molar-refractivity contribution in [2.75, 3.05) is 25.5 Å². The summed E-state index contributed by atoms with van der Waals surface area (Å²) in [4.78, 5) is 6.63. The Labute approximate surface area is 112 Å². The molecule has 1 aromatic heterocycles. The molecule has 0 amide bonds. The summed E-state index contributed by atoms with van der Waals surface area (Å²) in [6.07, 6.45) is 1.16. The molecule has 5 nitrogen and oxygen atoms in total. The SMILES string of the molecule is Cc1noc(-c2ccccc2NC2CCN(C)C2)n1. The monoisotopic (exact) mass is 258 g/mol. The number of likely N-dealkylation sites (tertiary alicyclic amines) is 1. The normalized spacial score (nSPS) is 19.8. The predicted octanol–water partition coefficient (Wildman–Crippen LogP) is 2.16. The Morgan fingerprint density at radius 1 is 1.37 bits per heavy atom. The number of benzene rings is 1. The lowest BCUT2D eigenvalue weighted by Gasteiger charge is -2.16. The number of rotatable bonds is 3. The zero-order valence-corrected chi connectivity index (χ0v) is 11.3. The first-order chi connectivity index (χ1) is 9.22. The van der Waals surface area contributed by atoms with Crippen LogP contribution in [-0.2, 0) is 0 Å². The fourth-order valence-electron chi connectivity index (χ4n) is 2.47. The smallest absolute Gasteiger partial charge is 0.260 e. The first-order valence-electron chi connectivity index (χ1n) is 6.57. The third-order valence-electron chi connectivity index (χ3n) is 3.44. The number of nitrogens with one attached hydrogen (secondary N) is 1. The number of hydrogen-bond donors (Lipinski definition) is 1. The van der Waals surface area contributed by atoms with Crippen LogP contribution in [0.5, 0.6) is 0 Å². The third-order valence-corrected chi connectivity index (χ3v) is 3.44. The van der Waals surface area contributed by atoms with E-state index in [4.69, 9.17) is 4.52 Å². The first-order valence-corrected chi connectivity index (χ1v) is 6.57. The molecule has 1 atom stereocenters. The molecule has 1 N–H and O–H groups in total. The number of anilines is 1. The molecule has 2 aromatic rings. The number of hydrogen-bond acceptors (Lipinski definition) is 5. The van der Waals surface area contributed by atoms with Gasteiger partial charge in [0.2, 0.25) is 0 Å². The van der Waals surface area contributed by atoms with E-state index < -0.39 is 0 Å². The van der Waals surface area contributed by atoms with Crippen LogP contribution < -0.4 is 5.32 Å². The maximum atomic E-state index is 5.27. The number of aromatic nitrogens is 2. The molecule has 3 rings (SSSR count). The third kappa shape index (κ3) is 2.61. The van der Waals surface area contributed by atoms with E-state index in [9.17, 15) is 0 Å². The molecule has 1 fully saturated rings. The van der Waals surface area contributed by atoms with Gasteiger partial charge in [-0.05, 0) is 39.1 Å². The molecule has 1 unspecified atom stereocenters. The predicted molar refractivity (Wildman–Crippen MR) is 74.0 cm³/mol. The highest BCUT2D eigenvalue weighted by Crippen LogP contribution is 2.27. The van der Waals surface area contributed by atoms with Gasteiger partial charge in [0.15, 0.2) is 5.82 Å². The second-order valence-corrected chi connectivity index (χ2v) is 5.08. The van der Waals surface area contributed by atoms with Crippen LogP contribution in [0.1, 0.15) is 12.2 Å². The van der Waals surface area contributed by atoms with Crippen molar-refractivity contribution in [1.82, 2.24) is 15.0 Å². The van der Waals surface area contributed by atoms with Crippen molar-refractivity contribution < 1.29 is 4.52 Å². The van der Waals surface area contributed by atoms with Crippen LogP contribution in [0, 0.1) is 6.92 Å². The molecule has 0 aliphatic carbocycles. The van der Waals surface area contributed by atoms with Gasteiger partial charge in [-0.25, -0.2) is 0 Å². The van der Waals surface area contributed by atoms with Crippen LogP contribution in [0.2, 0.25) is 0 Å². The van der Waals surface area contributed by atoms with Crippen molar-refractivity contribution in [2.45, 2.75) is 19.4 Å².